The molecule has 0 aliphatic carbocycles. The van der Waals surface area contributed by atoms with E-state index in [0.717, 1.165) is 38.8 Å². The van der Waals surface area contributed by atoms with Crippen LogP contribution in [-0.2, 0) is 11.8 Å². The van der Waals surface area contributed by atoms with Crippen LogP contribution >= 0.6 is 11.3 Å². The average molecular weight is 376 g/mol. The number of benzene rings is 1. The Balaban J connectivity index is 1.69. The van der Waals surface area contributed by atoms with Crippen LogP contribution in [0.15, 0.2) is 54.0 Å². The lowest BCUT2D eigenvalue weighted by atomic mass is 9.93. The van der Waals surface area contributed by atoms with Crippen molar-refractivity contribution in [3.63, 3.8) is 0 Å². The van der Waals surface area contributed by atoms with Crippen molar-refractivity contribution in [3.8, 4) is 0 Å². The summed E-state index contributed by atoms with van der Waals surface area (Å²) >= 11 is 1.59. The standard InChI is InChI=1S/C21H21N5S/c1-21(2,3)18-13-27-20(23-18)24-19-16-10-5-4-9-15(16)17(25-26-19)12-14-8-6-7-11-22-14/h4-11,13H,12H2,1-3H3,(H,23,24,26). The minimum absolute atomic E-state index is 0.0245. The van der Waals surface area contributed by atoms with Crippen molar-refractivity contribution in [3.05, 3.63) is 71.1 Å². The molecule has 3 aromatic heterocycles. The zero-order valence-corrected chi connectivity index (χ0v) is 16.4. The van der Waals surface area contributed by atoms with Gasteiger partial charge in [0.1, 0.15) is 0 Å². The summed E-state index contributed by atoms with van der Waals surface area (Å²) in [6, 6.07) is 14.1. The summed E-state index contributed by atoms with van der Waals surface area (Å²) in [6.45, 7) is 6.48. The van der Waals surface area contributed by atoms with Crippen molar-refractivity contribution in [1.29, 1.82) is 0 Å². The molecule has 5 nitrogen and oxygen atoms in total. The fraction of sp³-hybridized carbons (Fsp3) is 0.238. The van der Waals surface area contributed by atoms with Crippen LogP contribution in [0.5, 0.6) is 0 Å². The Kier molecular flexibility index (Phi) is 4.58. The van der Waals surface area contributed by atoms with E-state index in [-0.39, 0.29) is 5.41 Å². The molecule has 0 amide bonds. The predicted molar refractivity (Wildman–Crippen MR) is 111 cm³/mol. The van der Waals surface area contributed by atoms with Crippen molar-refractivity contribution in [1.82, 2.24) is 20.2 Å². The van der Waals surface area contributed by atoms with Crippen molar-refractivity contribution in [2.24, 2.45) is 0 Å². The highest BCUT2D eigenvalue weighted by Gasteiger charge is 2.18. The molecule has 0 saturated heterocycles. The SMILES string of the molecule is CC(C)(C)c1csc(Nc2nnc(Cc3ccccn3)c3ccccc23)n1. The van der Waals surface area contributed by atoms with Crippen molar-refractivity contribution < 1.29 is 0 Å². The highest BCUT2D eigenvalue weighted by atomic mass is 32.1. The maximum Gasteiger partial charge on any atom is 0.188 e. The number of hydrogen-bond donors (Lipinski definition) is 1. The van der Waals surface area contributed by atoms with Crippen molar-refractivity contribution in [2.45, 2.75) is 32.6 Å². The lowest BCUT2D eigenvalue weighted by Crippen LogP contribution is -2.11. The van der Waals surface area contributed by atoms with E-state index < -0.39 is 0 Å². The third-order valence-corrected chi connectivity index (χ3v) is 5.09. The predicted octanol–water partition coefficient (Wildman–Crippen LogP) is 5.11. The molecule has 136 valence electrons. The zero-order valence-electron chi connectivity index (χ0n) is 15.6. The first-order valence-corrected chi connectivity index (χ1v) is 9.76. The Morgan fingerprint density at radius 3 is 2.44 bits per heavy atom. The smallest absolute Gasteiger partial charge is 0.188 e. The van der Waals surface area contributed by atoms with E-state index in [9.17, 15) is 0 Å². The van der Waals surface area contributed by atoms with Crippen LogP contribution in [0.1, 0.15) is 37.9 Å². The van der Waals surface area contributed by atoms with Gasteiger partial charge in [-0.1, -0.05) is 51.1 Å². The van der Waals surface area contributed by atoms with Crippen molar-refractivity contribution >= 4 is 33.1 Å². The summed E-state index contributed by atoms with van der Waals surface area (Å²) in [7, 11) is 0. The van der Waals surface area contributed by atoms with Gasteiger partial charge in [-0.05, 0) is 12.1 Å². The lowest BCUT2D eigenvalue weighted by Gasteiger charge is -2.14. The molecular weight excluding hydrogens is 354 g/mol. The lowest BCUT2D eigenvalue weighted by molar-refractivity contribution is 0.573. The van der Waals surface area contributed by atoms with Gasteiger partial charge in [-0.25, -0.2) is 4.98 Å². The van der Waals surface area contributed by atoms with E-state index in [4.69, 9.17) is 4.98 Å². The Labute approximate surface area is 162 Å². The number of anilines is 2. The first-order chi connectivity index (χ1) is 13.0. The summed E-state index contributed by atoms with van der Waals surface area (Å²) in [4.78, 5) is 9.11. The van der Waals surface area contributed by atoms with Crippen LogP contribution in [0.2, 0.25) is 0 Å². The Morgan fingerprint density at radius 1 is 0.963 bits per heavy atom. The fourth-order valence-corrected chi connectivity index (χ4v) is 3.77. The number of nitrogens with one attached hydrogen (secondary N) is 1. The third-order valence-electron chi connectivity index (χ3n) is 4.34. The number of nitrogens with zero attached hydrogens (tertiary/aromatic N) is 4. The Hall–Kier alpha value is -2.86. The largest absolute Gasteiger partial charge is 0.314 e. The molecule has 0 radical (unpaired) electrons. The molecular formula is C21H21N5S. The summed E-state index contributed by atoms with van der Waals surface area (Å²) in [5, 5.41) is 17.3. The van der Waals surface area contributed by atoms with Crippen LogP contribution in [-0.4, -0.2) is 20.2 Å². The van der Waals surface area contributed by atoms with Gasteiger partial charge in [-0.3, -0.25) is 4.98 Å². The molecule has 0 aliphatic heterocycles. The number of aromatic nitrogens is 4. The number of fused-ring (bicyclic) bond motifs is 1. The molecule has 0 unspecified atom stereocenters. The first kappa shape index (κ1) is 17.5. The molecule has 4 rings (SSSR count). The molecule has 3 heterocycles. The van der Waals surface area contributed by atoms with Crippen LogP contribution in [0, 0.1) is 0 Å². The van der Waals surface area contributed by atoms with Gasteiger partial charge in [0.2, 0.25) is 0 Å². The van der Waals surface area contributed by atoms with Crippen LogP contribution in [0.4, 0.5) is 10.9 Å². The topological polar surface area (TPSA) is 63.6 Å². The summed E-state index contributed by atoms with van der Waals surface area (Å²) in [5.74, 6) is 0.727. The highest BCUT2D eigenvalue weighted by molar-refractivity contribution is 7.13. The van der Waals surface area contributed by atoms with Crippen molar-refractivity contribution in [2.75, 3.05) is 5.32 Å². The molecule has 0 saturated carbocycles. The van der Waals surface area contributed by atoms with Gasteiger partial charge in [0.05, 0.1) is 11.4 Å². The molecule has 6 heteroatoms. The van der Waals surface area contributed by atoms with Gasteiger partial charge in [-0.2, -0.15) is 5.10 Å². The minimum Gasteiger partial charge on any atom is -0.314 e. The zero-order chi connectivity index (χ0) is 18.9. The molecule has 4 aromatic rings. The van der Waals surface area contributed by atoms with Gasteiger partial charge in [-0.15, -0.1) is 16.4 Å². The Morgan fingerprint density at radius 2 is 1.74 bits per heavy atom. The number of thiazole rings is 1. The van der Waals surface area contributed by atoms with Crippen LogP contribution in [0.3, 0.4) is 0 Å². The molecule has 0 aliphatic rings. The number of rotatable bonds is 4. The van der Waals surface area contributed by atoms with Gasteiger partial charge >= 0.3 is 0 Å². The average Bonchev–Trinajstić information content (AvgIpc) is 3.14. The van der Waals surface area contributed by atoms with Crippen LogP contribution in [0.25, 0.3) is 10.8 Å². The number of pyridine rings is 1. The molecule has 0 fully saturated rings. The minimum atomic E-state index is 0.0245. The maximum atomic E-state index is 4.70. The van der Waals surface area contributed by atoms with Gasteiger partial charge in [0.15, 0.2) is 10.9 Å². The van der Waals surface area contributed by atoms with Crippen LogP contribution < -0.4 is 5.32 Å². The summed E-state index contributed by atoms with van der Waals surface area (Å²) in [5.41, 5.74) is 2.99. The third kappa shape index (κ3) is 3.80. The van der Waals surface area contributed by atoms with E-state index in [1.165, 1.54) is 0 Å². The summed E-state index contributed by atoms with van der Waals surface area (Å²) < 4.78 is 0. The second-order valence-electron chi connectivity index (χ2n) is 7.45. The highest BCUT2D eigenvalue weighted by Crippen LogP contribution is 2.30. The molecule has 1 aromatic carbocycles. The molecule has 1 N–H and O–H groups in total. The first-order valence-electron chi connectivity index (χ1n) is 8.88. The van der Waals surface area contributed by atoms with E-state index >= 15 is 0 Å². The van der Waals surface area contributed by atoms with E-state index in [0.29, 0.717) is 6.42 Å². The van der Waals surface area contributed by atoms with E-state index in [2.05, 4.69) is 58.8 Å². The maximum absolute atomic E-state index is 4.70. The normalized spacial score (nSPS) is 11.7. The van der Waals surface area contributed by atoms with Gasteiger partial charge in [0.25, 0.3) is 0 Å². The quantitative estimate of drug-likeness (QED) is 0.537. The molecule has 27 heavy (non-hydrogen) atoms. The fourth-order valence-electron chi connectivity index (χ4n) is 2.83. The number of hydrogen-bond acceptors (Lipinski definition) is 6. The van der Waals surface area contributed by atoms with Gasteiger partial charge < -0.3 is 5.32 Å². The monoisotopic (exact) mass is 375 g/mol. The van der Waals surface area contributed by atoms with E-state index in [1.54, 1.807) is 17.5 Å². The Bertz CT molecular complexity index is 1070. The second-order valence-corrected chi connectivity index (χ2v) is 8.31. The summed E-state index contributed by atoms with van der Waals surface area (Å²) in [6.07, 6.45) is 2.45. The molecule has 0 bridgehead atoms. The van der Waals surface area contributed by atoms with E-state index in [1.807, 2.05) is 30.3 Å². The molecule has 0 atom stereocenters. The molecule has 0 spiro atoms. The second kappa shape index (κ2) is 7.04. The van der Waals surface area contributed by atoms with Gasteiger partial charge in [0, 0.05) is 39.9 Å².